The number of hydrogen-bond acceptors (Lipinski definition) is 3. The fourth-order valence-electron chi connectivity index (χ4n) is 0.478. The van der Waals surface area contributed by atoms with Crippen LogP contribution in [0.2, 0.25) is 0 Å². The first kappa shape index (κ1) is 9.49. The minimum Gasteiger partial charge on any atom is -0.356 e. The molecule has 0 unspecified atom stereocenters. The molecule has 58 valence electrons. The Balaban J connectivity index is 3.47. The van der Waals surface area contributed by atoms with E-state index < -0.39 is 0 Å². The molecule has 0 spiro atoms. The summed E-state index contributed by atoms with van der Waals surface area (Å²) in [5, 5.41) is 10.2. The van der Waals surface area contributed by atoms with E-state index in [9.17, 15) is 4.79 Å². The first-order valence-corrected chi connectivity index (χ1v) is 4.31. The fourth-order valence-corrected chi connectivity index (χ4v) is 0.753. The van der Waals surface area contributed by atoms with Crippen molar-refractivity contribution in [1.29, 1.82) is 5.41 Å². The number of amides is 1. The number of hydrogen-bond donors (Lipinski definition) is 2. The summed E-state index contributed by atoms with van der Waals surface area (Å²) in [6.45, 7) is 2.50. The van der Waals surface area contributed by atoms with Gasteiger partial charge in [0.1, 0.15) is 0 Å². The van der Waals surface area contributed by atoms with Gasteiger partial charge in [-0.05, 0) is 13.2 Å². The van der Waals surface area contributed by atoms with Crippen molar-refractivity contribution >= 4 is 22.7 Å². The van der Waals surface area contributed by atoms with Gasteiger partial charge in [0.25, 0.3) is 0 Å². The number of carbonyl (C=O) groups excluding carboxylic acids is 1. The molecule has 0 aliphatic heterocycles. The van der Waals surface area contributed by atoms with Crippen LogP contribution in [0, 0.1) is 5.41 Å². The third-order valence-corrected chi connectivity index (χ3v) is 1.58. The smallest absolute Gasteiger partial charge is 0.226 e. The van der Waals surface area contributed by atoms with E-state index in [1.807, 2.05) is 6.92 Å². The summed E-state index contributed by atoms with van der Waals surface area (Å²) in [7, 11) is 0. The lowest BCUT2D eigenvalue weighted by Crippen LogP contribution is -2.24. The quantitative estimate of drug-likeness (QED) is 0.475. The summed E-state index contributed by atoms with van der Waals surface area (Å²) < 4.78 is 0. The summed E-state index contributed by atoms with van der Waals surface area (Å²) in [6, 6.07) is 0. The van der Waals surface area contributed by atoms with Crippen molar-refractivity contribution in [2.24, 2.45) is 0 Å². The van der Waals surface area contributed by atoms with Crippen LogP contribution in [0.25, 0.3) is 0 Å². The minimum atomic E-state index is -0.0677. The van der Waals surface area contributed by atoms with Gasteiger partial charge in [-0.15, -0.1) is 11.8 Å². The molecule has 0 aromatic rings. The third kappa shape index (κ3) is 4.38. The van der Waals surface area contributed by atoms with E-state index in [0.29, 0.717) is 11.6 Å². The molecule has 0 saturated carbocycles. The molecular formula is C6H12N2OS. The molecule has 0 heterocycles. The van der Waals surface area contributed by atoms with Crippen molar-refractivity contribution in [2.45, 2.75) is 13.3 Å². The van der Waals surface area contributed by atoms with Crippen LogP contribution in [0.3, 0.4) is 0 Å². The lowest BCUT2D eigenvalue weighted by atomic mass is 10.4. The Morgan fingerprint density at radius 1 is 1.70 bits per heavy atom. The summed E-state index contributed by atoms with van der Waals surface area (Å²) in [6.07, 6.45) is 2.01. The zero-order valence-electron chi connectivity index (χ0n) is 6.23. The Morgan fingerprint density at radius 2 is 2.30 bits per heavy atom. The van der Waals surface area contributed by atoms with Gasteiger partial charge in [0.15, 0.2) is 0 Å². The number of nitrogens with one attached hydrogen (secondary N) is 2. The Hall–Kier alpha value is -0.510. The van der Waals surface area contributed by atoms with Crippen LogP contribution in [0.4, 0.5) is 0 Å². The van der Waals surface area contributed by atoms with Crippen LogP contribution >= 0.6 is 11.8 Å². The molecule has 0 aliphatic rings. The van der Waals surface area contributed by atoms with Gasteiger partial charge >= 0.3 is 0 Å². The Kier molecular flexibility index (Phi) is 5.02. The lowest BCUT2D eigenvalue weighted by molar-refractivity contribution is -0.119. The molecule has 0 aromatic heterocycles. The maximum Gasteiger partial charge on any atom is 0.226 e. The second kappa shape index (κ2) is 5.29. The monoisotopic (exact) mass is 160 g/mol. The van der Waals surface area contributed by atoms with E-state index in [1.54, 1.807) is 6.26 Å². The van der Waals surface area contributed by atoms with E-state index in [-0.39, 0.29) is 12.3 Å². The molecule has 0 fully saturated rings. The average Bonchev–Trinajstić information content (AvgIpc) is 1.88. The first-order chi connectivity index (χ1) is 4.70. The molecule has 2 N–H and O–H groups in total. The number of carbonyl (C=O) groups is 1. The van der Waals surface area contributed by atoms with Gasteiger partial charge < -0.3 is 5.32 Å². The molecule has 0 saturated heterocycles. The fraction of sp³-hybridized carbons (Fsp3) is 0.667. The zero-order chi connectivity index (χ0) is 7.98. The molecule has 0 aliphatic carbocycles. The first-order valence-electron chi connectivity index (χ1n) is 3.08. The highest BCUT2D eigenvalue weighted by Crippen LogP contribution is 1.98. The predicted octanol–water partition coefficient (Wildman–Crippen LogP) is 0.853. The summed E-state index contributed by atoms with van der Waals surface area (Å²) in [5.74, 6) is -0.0677. The van der Waals surface area contributed by atoms with Gasteiger partial charge in [-0.2, -0.15) is 0 Å². The van der Waals surface area contributed by atoms with Crippen LogP contribution in [0.5, 0.6) is 0 Å². The molecule has 4 heteroatoms. The van der Waals surface area contributed by atoms with E-state index in [0.717, 1.165) is 0 Å². The van der Waals surface area contributed by atoms with Gasteiger partial charge in [0.2, 0.25) is 5.91 Å². The van der Waals surface area contributed by atoms with Crippen molar-refractivity contribution in [3.63, 3.8) is 0 Å². The Labute approximate surface area is 65.1 Å². The van der Waals surface area contributed by atoms with Crippen LogP contribution in [0.15, 0.2) is 0 Å². The van der Waals surface area contributed by atoms with Gasteiger partial charge in [0, 0.05) is 6.54 Å². The van der Waals surface area contributed by atoms with E-state index >= 15 is 0 Å². The molecule has 3 nitrogen and oxygen atoms in total. The SMILES string of the molecule is CCNC(=O)CC(=N)SC. The highest BCUT2D eigenvalue weighted by atomic mass is 32.2. The zero-order valence-corrected chi connectivity index (χ0v) is 7.05. The molecule has 10 heavy (non-hydrogen) atoms. The highest BCUT2D eigenvalue weighted by molar-refractivity contribution is 8.13. The third-order valence-electron chi connectivity index (χ3n) is 0.941. The largest absolute Gasteiger partial charge is 0.356 e. The van der Waals surface area contributed by atoms with Crippen molar-refractivity contribution in [3.8, 4) is 0 Å². The van der Waals surface area contributed by atoms with Crippen LogP contribution in [-0.4, -0.2) is 23.8 Å². The van der Waals surface area contributed by atoms with E-state index in [1.165, 1.54) is 11.8 Å². The molecule has 0 radical (unpaired) electrons. The van der Waals surface area contributed by atoms with E-state index in [2.05, 4.69) is 5.32 Å². The summed E-state index contributed by atoms with van der Waals surface area (Å²) in [5.41, 5.74) is 0. The minimum absolute atomic E-state index is 0.0677. The molecular weight excluding hydrogens is 148 g/mol. The molecule has 0 rings (SSSR count). The van der Waals surface area contributed by atoms with E-state index in [4.69, 9.17) is 5.41 Å². The predicted molar refractivity (Wildman–Crippen MR) is 44.5 cm³/mol. The van der Waals surface area contributed by atoms with Gasteiger partial charge in [-0.3, -0.25) is 10.2 Å². The van der Waals surface area contributed by atoms with Gasteiger partial charge in [-0.25, -0.2) is 0 Å². The average molecular weight is 160 g/mol. The van der Waals surface area contributed by atoms with Crippen LogP contribution < -0.4 is 5.32 Å². The maximum atomic E-state index is 10.7. The van der Waals surface area contributed by atoms with Gasteiger partial charge in [0.05, 0.1) is 11.5 Å². The van der Waals surface area contributed by atoms with Crippen molar-refractivity contribution in [1.82, 2.24) is 5.32 Å². The normalized spacial score (nSPS) is 9.00. The van der Waals surface area contributed by atoms with Crippen molar-refractivity contribution in [3.05, 3.63) is 0 Å². The lowest BCUT2D eigenvalue weighted by Gasteiger charge is -1.99. The molecule has 1 amide bonds. The standard InChI is InChI=1S/C6H12N2OS/c1-3-8-6(9)4-5(7)10-2/h7H,3-4H2,1-2H3,(H,8,9). The highest BCUT2D eigenvalue weighted by Gasteiger charge is 2.01. The maximum absolute atomic E-state index is 10.7. The summed E-state index contributed by atoms with van der Waals surface area (Å²) in [4.78, 5) is 10.7. The molecule has 0 atom stereocenters. The number of rotatable bonds is 3. The second-order valence-electron chi connectivity index (χ2n) is 1.76. The van der Waals surface area contributed by atoms with Crippen molar-refractivity contribution < 1.29 is 4.79 Å². The van der Waals surface area contributed by atoms with Crippen LogP contribution in [-0.2, 0) is 4.79 Å². The Morgan fingerprint density at radius 3 is 2.70 bits per heavy atom. The topological polar surface area (TPSA) is 53.0 Å². The number of thioether (sulfide) groups is 1. The Bertz CT molecular complexity index is 136. The van der Waals surface area contributed by atoms with Crippen LogP contribution in [0.1, 0.15) is 13.3 Å². The van der Waals surface area contributed by atoms with Crippen molar-refractivity contribution in [2.75, 3.05) is 12.8 Å². The second-order valence-corrected chi connectivity index (χ2v) is 2.66. The summed E-state index contributed by atoms with van der Waals surface area (Å²) >= 11 is 1.30. The molecule has 0 bridgehead atoms. The van der Waals surface area contributed by atoms with Gasteiger partial charge in [-0.1, -0.05) is 0 Å². The molecule has 0 aromatic carbocycles.